The molecule has 4 heteroatoms. The summed E-state index contributed by atoms with van der Waals surface area (Å²) in [5.74, 6) is -0.167. The third-order valence-corrected chi connectivity index (χ3v) is 4.27. The van der Waals surface area contributed by atoms with Gasteiger partial charge in [0, 0.05) is 6.42 Å². The zero-order valence-corrected chi connectivity index (χ0v) is 14.3. The summed E-state index contributed by atoms with van der Waals surface area (Å²) in [4.78, 5) is 11.8. The number of ether oxygens (including phenoxy) is 3. The van der Waals surface area contributed by atoms with Gasteiger partial charge < -0.3 is 14.2 Å². The van der Waals surface area contributed by atoms with Gasteiger partial charge in [-0.3, -0.25) is 4.79 Å². The Morgan fingerprint density at radius 1 is 0.920 bits per heavy atom. The quantitative estimate of drug-likeness (QED) is 0.718. The van der Waals surface area contributed by atoms with Crippen molar-refractivity contribution in [1.82, 2.24) is 0 Å². The van der Waals surface area contributed by atoms with Gasteiger partial charge in [0.1, 0.15) is 0 Å². The lowest BCUT2D eigenvalue weighted by Crippen LogP contribution is -2.35. The second-order valence-corrected chi connectivity index (χ2v) is 6.26. The highest BCUT2D eigenvalue weighted by molar-refractivity contribution is 5.69. The number of carbonyl (C=O) groups is 1. The molecule has 1 aliphatic heterocycles. The van der Waals surface area contributed by atoms with Crippen LogP contribution in [0, 0.1) is 0 Å². The molecule has 1 heterocycles. The highest BCUT2D eigenvalue weighted by atomic mass is 16.6. The number of hydrogen-bond acceptors (Lipinski definition) is 4. The molecule has 0 unspecified atom stereocenters. The summed E-state index contributed by atoms with van der Waals surface area (Å²) in [6.45, 7) is 1.36. The molecule has 0 saturated carbocycles. The summed E-state index contributed by atoms with van der Waals surface area (Å²) in [6.07, 6.45) is 1.54. The van der Waals surface area contributed by atoms with E-state index < -0.39 is 0 Å². The SMILES string of the molecule is O=C1CCC[C@H](OCc2ccccc2)[C@@H](COCc2ccccc2)O1. The fourth-order valence-electron chi connectivity index (χ4n) is 2.91. The third kappa shape index (κ3) is 5.69. The predicted octanol–water partition coefficient (Wildman–Crippen LogP) is 3.88. The largest absolute Gasteiger partial charge is 0.457 e. The first kappa shape index (κ1) is 17.6. The standard InChI is InChI=1S/C21H24O4/c22-21-13-7-12-19(24-15-18-10-5-2-6-11-18)20(25-21)16-23-14-17-8-3-1-4-9-17/h1-6,8-11,19-20H,7,12-16H2/t19-,20+/m0/s1. The Morgan fingerprint density at radius 3 is 2.24 bits per heavy atom. The van der Waals surface area contributed by atoms with Gasteiger partial charge in [-0.2, -0.15) is 0 Å². The van der Waals surface area contributed by atoms with E-state index in [2.05, 4.69) is 0 Å². The minimum absolute atomic E-state index is 0.137. The monoisotopic (exact) mass is 340 g/mol. The molecule has 4 nitrogen and oxygen atoms in total. The van der Waals surface area contributed by atoms with Crippen LogP contribution in [-0.2, 0) is 32.2 Å². The summed E-state index contributed by atoms with van der Waals surface area (Å²) in [5, 5.41) is 0. The maximum Gasteiger partial charge on any atom is 0.306 e. The fourth-order valence-corrected chi connectivity index (χ4v) is 2.91. The molecule has 0 radical (unpaired) electrons. The van der Waals surface area contributed by atoms with Crippen molar-refractivity contribution in [1.29, 1.82) is 0 Å². The van der Waals surface area contributed by atoms with Gasteiger partial charge in [-0.25, -0.2) is 0 Å². The molecule has 2 aromatic carbocycles. The highest BCUT2D eigenvalue weighted by Crippen LogP contribution is 2.20. The molecule has 0 bridgehead atoms. The van der Waals surface area contributed by atoms with Crippen molar-refractivity contribution < 1.29 is 19.0 Å². The molecule has 0 amide bonds. The number of benzene rings is 2. The molecule has 25 heavy (non-hydrogen) atoms. The molecule has 3 rings (SSSR count). The molecule has 2 atom stereocenters. The van der Waals surface area contributed by atoms with E-state index in [0.717, 1.165) is 24.0 Å². The van der Waals surface area contributed by atoms with Crippen LogP contribution >= 0.6 is 0 Å². The highest BCUT2D eigenvalue weighted by Gasteiger charge is 2.29. The van der Waals surface area contributed by atoms with Crippen molar-refractivity contribution in [3.63, 3.8) is 0 Å². The minimum Gasteiger partial charge on any atom is -0.457 e. The Hall–Kier alpha value is -2.17. The number of cyclic esters (lactones) is 1. The minimum atomic E-state index is -0.359. The summed E-state index contributed by atoms with van der Waals surface area (Å²) in [6, 6.07) is 20.0. The smallest absolute Gasteiger partial charge is 0.306 e. The Kier molecular flexibility index (Phi) is 6.60. The number of carbonyl (C=O) groups excluding carboxylic acids is 1. The molecule has 0 N–H and O–H groups in total. The van der Waals surface area contributed by atoms with Gasteiger partial charge in [0.2, 0.25) is 0 Å². The first-order valence-corrected chi connectivity index (χ1v) is 8.78. The van der Waals surface area contributed by atoms with Crippen molar-refractivity contribution in [2.45, 2.75) is 44.7 Å². The van der Waals surface area contributed by atoms with Crippen molar-refractivity contribution in [2.24, 2.45) is 0 Å². The first-order chi connectivity index (χ1) is 12.3. The maximum absolute atomic E-state index is 11.8. The zero-order chi connectivity index (χ0) is 17.3. The second kappa shape index (κ2) is 9.35. The lowest BCUT2D eigenvalue weighted by Gasteiger charge is -2.25. The van der Waals surface area contributed by atoms with Crippen LogP contribution in [0.5, 0.6) is 0 Å². The number of hydrogen-bond donors (Lipinski definition) is 0. The molecule has 0 spiro atoms. The van der Waals surface area contributed by atoms with Gasteiger partial charge in [-0.15, -0.1) is 0 Å². The van der Waals surface area contributed by atoms with Crippen LogP contribution in [0.4, 0.5) is 0 Å². The predicted molar refractivity (Wildman–Crippen MR) is 94.8 cm³/mol. The van der Waals surface area contributed by atoms with Gasteiger partial charge in [0.25, 0.3) is 0 Å². The first-order valence-electron chi connectivity index (χ1n) is 8.78. The van der Waals surface area contributed by atoms with Gasteiger partial charge in [0.05, 0.1) is 25.9 Å². The molecular weight excluding hydrogens is 316 g/mol. The number of rotatable bonds is 7. The molecule has 0 aliphatic carbocycles. The Bertz CT molecular complexity index is 641. The Balaban J connectivity index is 1.55. The Labute approximate surface area is 148 Å². The van der Waals surface area contributed by atoms with E-state index in [1.165, 1.54) is 0 Å². The molecule has 2 aromatic rings. The van der Waals surface area contributed by atoms with Gasteiger partial charge >= 0.3 is 5.97 Å². The topological polar surface area (TPSA) is 44.8 Å². The number of esters is 1. The summed E-state index contributed by atoms with van der Waals surface area (Å²) in [5.41, 5.74) is 2.21. The van der Waals surface area contributed by atoms with E-state index in [0.29, 0.717) is 26.2 Å². The van der Waals surface area contributed by atoms with Crippen LogP contribution in [0.1, 0.15) is 30.4 Å². The normalized spacial score (nSPS) is 20.7. The molecule has 1 saturated heterocycles. The average Bonchev–Trinajstić information content (AvgIpc) is 2.83. The van der Waals surface area contributed by atoms with Crippen molar-refractivity contribution in [2.75, 3.05) is 6.61 Å². The third-order valence-electron chi connectivity index (χ3n) is 4.27. The molecule has 1 aliphatic rings. The van der Waals surface area contributed by atoms with Crippen LogP contribution in [-0.4, -0.2) is 24.8 Å². The van der Waals surface area contributed by atoms with E-state index in [-0.39, 0.29) is 18.2 Å². The summed E-state index contributed by atoms with van der Waals surface area (Å²) < 4.78 is 17.4. The van der Waals surface area contributed by atoms with Crippen LogP contribution in [0.2, 0.25) is 0 Å². The van der Waals surface area contributed by atoms with Crippen LogP contribution in [0.25, 0.3) is 0 Å². The summed E-state index contributed by atoms with van der Waals surface area (Å²) in [7, 11) is 0. The van der Waals surface area contributed by atoms with E-state index in [4.69, 9.17) is 14.2 Å². The zero-order valence-electron chi connectivity index (χ0n) is 14.3. The lowest BCUT2D eigenvalue weighted by molar-refractivity contribution is -0.161. The fraction of sp³-hybridized carbons (Fsp3) is 0.381. The second-order valence-electron chi connectivity index (χ2n) is 6.26. The van der Waals surface area contributed by atoms with Crippen LogP contribution in [0.15, 0.2) is 60.7 Å². The maximum atomic E-state index is 11.8. The van der Waals surface area contributed by atoms with Gasteiger partial charge in [-0.1, -0.05) is 60.7 Å². The van der Waals surface area contributed by atoms with E-state index >= 15 is 0 Å². The van der Waals surface area contributed by atoms with Crippen molar-refractivity contribution in [3.8, 4) is 0 Å². The van der Waals surface area contributed by atoms with Crippen LogP contribution in [0.3, 0.4) is 0 Å². The molecular formula is C21H24O4. The van der Waals surface area contributed by atoms with Crippen molar-refractivity contribution in [3.05, 3.63) is 71.8 Å². The van der Waals surface area contributed by atoms with Gasteiger partial charge in [0.15, 0.2) is 6.10 Å². The van der Waals surface area contributed by atoms with E-state index in [1.54, 1.807) is 0 Å². The Morgan fingerprint density at radius 2 is 1.56 bits per heavy atom. The summed E-state index contributed by atoms with van der Waals surface area (Å²) >= 11 is 0. The lowest BCUT2D eigenvalue weighted by atomic mass is 10.1. The average molecular weight is 340 g/mol. The van der Waals surface area contributed by atoms with Crippen LogP contribution < -0.4 is 0 Å². The van der Waals surface area contributed by atoms with E-state index in [1.807, 2.05) is 60.7 Å². The van der Waals surface area contributed by atoms with Crippen molar-refractivity contribution >= 4 is 5.97 Å². The molecule has 132 valence electrons. The van der Waals surface area contributed by atoms with Gasteiger partial charge in [-0.05, 0) is 24.0 Å². The molecule has 1 fully saturated rings. The van der Waals surface area contributed by atoms with E-state index in [9.17, 15) is 4.79 Å². The molecule has 0 aromatic heterocycles.